The summed E-state index contributed by atoms with van der Waals surface area (Å²) in [5, 5.41) is 0. The monoisotopic (exact) mass is 310 g/mol. The third-order valence-corrected chi connectivity index (χ3v) is 4.52. The lowest BCUT2D eigenvalue weighted by atomic mass is 9.73. The zero-order chi connectivity index (χ0) is 16.4. The van der Waals surface area contributed by atoms with Gasteiger partial charge in [-0.05, 0) is 22.3 Å². The zero-order valence-electron chi connectivity index (χ0n) is 13.2. The average Bonchev–Trinajstić information content (AvgIpc) is 2.86. The molecule has 0 aliphatic heterocycles. The van der Waals surface area contributed by atoms with Gasteiger partial charge in [0.2, 0.25) is 0 Å². The second-order valence-electron chi connectivity index (χ2n) is 5.68. The third kappa shape index (κ3) is 2.40. The normalized spacial score (nSPS) is 13.8. The van der Waals surface area contributed by atoms with Crippen molar-refractivity contribution in [3.8, 4) is 11.1 Å². The highest BCUT2D eigenvalue weighted by Gasteiger charge is 2.46. The van der Waals surface area contributed by atoms with Crippen LogP contribution < -0.4 is 0 Å². The molecule has 0 unspecified atom stereocenters. The van der Waals surface area contributed by atoms with E-state index in [0.717, 1.165) is 22.3 Å². The maximum atomic E-state index is 12.1. The first-order chi connectivity index (χ1) is 11.1. The van der Waals surface area contributed by atoms with E-state index in [1.165, 1.54) is 14.2 Å². The molecule has 3 rings (SSSR count). The van der Waals surface area contributed by atoms with Crippen LogP contribution in [0.3, 0.4) is 0 Å². The van der Waals surface area contributed by atoms with E-state index >= 15 is 0 Å². The molecular weight excluding hydrogens is 292 g/mol. The number of rotatable bonds is 4. The highest BCUT2D eigenvalue weighted by Crippen LogP contribution is 2.52. The summed E-state index contributed by atoms with van der Waals surface area (Å²) in [6.07, 6.45) is 0.208. The molecule has 0 radical (unpaired) electrons. The van der Waals surface area contributed by atoms with E-state index in [1.807, 2.05) is 48.5 Å². The number of fused-ring (bicyclic) bond motifs is 3. The number of ether oxygens (including phenoxy) is 2. The lowest BCUT2D eigenvalue weighted by Crippen LogP contribution is -2.32. The Morgan fingerprint density at radius 3 is 1.57 bits per heavy atom. The van der Waals surface area contributed by atoms with Crippen LogP contribution in [0.1, 0.15) is 24.0 Å². The molecule has 2 aromatic rings. The lowest BCUT2D eigenvalue weighted by molar-refractivity contribution is -0.144. The molecule has 0 N–H and O–H groups in total. The molecule has 2 aromatic carbocycles. The van der Waals surface area contributed by atoms with Gasteiger partial charge in [-0.3, -0.25) is 9.59 Å². The summed E-state index contributed by atoms with van der Waals surface area (Å²) < 4.78 is 9.78. The van der Waals surface area contributed by atoms with Crippen molar-refractivity contribution >= 4 is 11.9 Å². The van der Waals surface area contributed by atoms with Gasteiger partial charge in [-0.1, -0.05) is 48.5 Å². The third-order valence-electron chi connectivity index (χ3n) is 4.52. The van der Waals surface area contributed by atoms with Crippen molar-refractivity contribution in [2.24, 2.45) is 0 Å². The van der Waals surface area contributed by atoms with Crippen LogP contribution in [-0.4, -0.2) is 26.2 Å². The molecule has 0 heterocycles. The second kappa shape index (κ2) is 5.88. The van der Waals surface area contributed by atoms with Crippen LogP contribution in [0.5, 0.6) is 0 Å². The number of hydrogen-bond acceptors (Lipinski definition) is 4. The topological polar surface area (TPSA) is 52.6 Å². The molecule has 0 aromatic heterocycles. The fraction of sp³-hybridized carbons (Fsp3) is 0.263. The minimum atomic E-state index is -0.743. The van der Waals surface area contributed by atoms with Gasteiger partial charge in [-0.15, -0.1) is 0 Å². The minimum absolute atomic E-state index is 0.104. The molecule has 0 saturated heterocycles. The second-order valence-corrected chi connectivity index (χ2v) is 5.68. The largest absolute Gasteiger partial charge is 0.469 e. The van der Waals surface area contributed by atoms with E-state index in [2.05, 4.69) is 0 Å². The molecular formula is C19H18O4. The highest BCUT2D eigenvalue weighted by molar-refractivity contribution is 5.88. The number of hydrogen-bond donors (Lipinski definition) is 0. The Bertz CT molecular complexity index is 698. The van der Waals surface area contributed by atoms with E-state index < -0.39 is 5.41 Å². The van der Waals surface area contributed by atoms with Gasteiger partial charge in [0.1, 0.15) is 0 Å². The van der Waals surface area contributed by atoms with Gasteiger partial charge in [-0.25, -0.2) is 0 Å². The fourth-order valence-corrected chi connectivity index (χ4v) is 3.50. The Balaban J connectivity index is 2.24. The quantitative estimate of drug-likeness (QED) is 0.814. The van der Waals surface area contributed by atoms with Gasteiger partial charge in [0.05, 0.1) is 27.1 Å². The summed E-state index contributed by atoms with van der Waals surface area (Å²) in [5.74, 6) is -0.694. The first-order valence-electron chi connectivity index (χ1n) is 7.45. The highest BCUT2D eigenvalue weighted by atomic mass is 16.5. The Kier molecular flexibility index (Phi) is 3.90. The molecule has 0 amide bonds. The molecule has 0 atom stereocenters. The van der Waals surface area contributed by atoms with Crippen molar-refractivity contribution in [1.82, 2.24) is 0 Å². The molecule has 0 bridgehead atoms. The van der Waals surface area contributed by atoms with Crippen molar-refractivity contribution < 1.29 is 19.1 Å². The number of carbonyl (C=O) groups is 2. The average molecular weight is 310 g/mol. The maximum Gasteiger partial charge on any atom is 0.306 e. The van der Waals surface area contributed by atoms with Crippen LogP contribution >= 0.6 is 0 Å². The van der Waals surface area contributed by atoms with Gasteiger partial charge in [0.15, 0.2) is 0 Å². The van der Waals surface area contributed by atoms with E-state index in [9.17, 15) is 9.59 Å². The van der Waals surface area contributed by atoms with E-state index in [0.29, 0.717) is 0 Å². The predicted molar refractivity (Wildman–Crippen MR) is 85.9 cm³/mol. The number of carbonyl (C=O) groups excluding carboxylic acids is 2. The summed E-state index contributed by atoms with van der Waals surface area (Å²) >= 11 is 0. The van der Waals surface area contributed by atoms with Crippen LogP contribution in [-0.2, 0) is 24.5 Å². The molecule has 4 heteroatoms. The summed E-state index contributed by atoms with van der Waals surface area (Å²) in [5.41, 5.74) is 3.30. The molecule has 118 valence electrons. The smallest absolute Gasteiger partial charge is 0.306 e. The fourth-order valence-electron chi connectivity index (χ4n) is 3.50. The van der Waals surface area contributed by atoms with Gasteiger partial charge in [-0.2, -0.15) is 0 Å². The van der Waals surface area contributed by atoms with E-state index in [4.69, 9.17) is 9.47 Å². The molecule has 1 aliphatic carbocycles. The Labute approximate surface area is 135 Å². The predicted octanol–water partition coefficient (Wildman–Crippen LogP) is 3.08. The van der Waals surface area contributed by atoms with Gasteiger partial charge in [0.25, 0.3) is 0 Å². The van der Waals surface area contributed by atoms with Crippen molar-refractivity contribution in [2.75, 3.05) is 14.2 Å². The molecule has 4 nitrogen and oxygen atoms in total. The van der Waals surface area contributed by atoms with Crippen LogP contribution in [0.25, 0.3) is 11.1 Å². The maximum absolute atomic E-state index is 12.1. The van der Waals surface area contributed by atoms with Crippen LogP contribution in [0.15, 0.2) is 48.5 Å². The first-order valence-corrected chi connectivity index (χ1v) is 7.45. The zero-order valence-corrected chi connectivity index (χ0v) is 13.2. The Hall–Kier alpha value is -2.62. The molecule has 0 saturated carbocycles. The van der Waals surface area contributed by atoms with Crippen molar-refractivity contribution in [2.45, 2.75) is 18.3 Å². The van der Waals surface area contributed by atoms with E-state index in [-0.39, 0.29) is 24.8 Å². The van der Waals surface area contributed by atoms with Crippen LogP contribution in [0.4, 0.5) is 0 Å². The molecule has 0 spiro atoms. The standard InChI is InChI=1S/C19H18O4/c1-22-17(20)11-19(12-18(21)23-2)15-9-5-3-7-13(15)14-8-4-6-10-16(14)19/h3-10H,11-12H2,1-2H3. The molecule has 23 heavy (non-hydrogen) atoms. The molecule has 1 aliphatic rings. The van der Waals surface area contributed by atoms with Gasteiger partial charge >= 0.3 is 11.9 Å². The molecule has 0 fully saturated rings. The summed E-state index contributed by atoms with van der Waals surface area (Å²) in [4.78, 5) is 24.2. The number of benzene rings is 2. The summed E-state index contributed by atoms with van der Waals surface area (Å²) in [6, 6.07) is 15.8. The Morgan fingerprint density at radius 2 is 1.17 bits per heavy atom. The first kappa shape index (κ1) is 15.3. The summed E-state index contributed by atoms with van der Waals surface area (Å²) in [7, 11) is 2.72. The van der Waals surface area contributed by atoms with Gasteiger partial charge in [0, 0.05) is 5.41 Å². The SMILES string of the molecule is COC(=O)CC1(CC(=O)OC)c2ccccc2-c2ccccc21. The van der Waals surface area contributed by atoms with Crippen molar-refractivity contribution in [3.63, 3.8) is 0 Å². The number of methoxy groups -OCH3 is 2. The van der Waals surface area contributed by atoms with Crippen LogP contribution in [0, 0.1) is 0 Å². The van der Waals surface area contributed by atoms with Crippen molar-refractivity contribution in [3.05, 3.63) is 59.7 Å². The van der Waals surface area contributed by atoms with Crippen LogP contribution in [0.2, 0.25) is 0 Å². The minimum Gasteiger partial charge on any atom is -0.469 e. The van der Waals surface area contributed by atoms with E-state index in [1.54, 1.807) is 0 Å². The number of esters is 2. The van der Waals surface area contributed by atoms with Gasteiger partial charge < -0.3 is 9.47 Å². The van der Waals surface area contributed by atoms with Crippen molar-refractivity contribution in [1.29, 1.82) is 0 Å². The Morgan fingerprint density at radius 1 is 0.783 bits per heavy atom. The lowest BCUT2D eigenvalue weighted by Gasteiger charge is -2.29. The summed E-state index contributed by atoms with van der Waals surface area (Å²) in [6.45, 7) is 0.